The van der Waals surface area contributed by atoms with E-state index in [-0.39, 0.29) is 6.04 Å². The molecule has 0 saturated carbocycles. The van der Waals surface area contributed by atoms with Crippen molar-refractivity contribution in [3.8, 4) is 5.75 Å². The third-order valence-electron chi connectivity index (χ3n) is 3.02. The van der Waals surface area contributed by atoms with Gasteiger partial charge in [-0.2, -0.15) is 0 Å². The van der Waals surface area contributed by atoms with Crippen molar-refractivity contribution in [2.24, 2.45) is 10.7 Å². The Labute approximate surface area is 144 Å². The van der Waals surface area contributed by atoms with Crippen LogP contribution in [0, 0.1) is 0 Å². The lowest BCUT2D eigenvalue weighted by Gasteiger charge is -2.09. The van der Waals surface area contributed by atoms with Crippen LogP contribution < -0.4 is 10.5 Å². The molecule has 0 heterocycles. The van der Waals surface area contributed by atoms with Crippen LogP contribution in [-0.2, 0) is 0 Å². The molecule has 0 unspecified atom stereocenters. The number of ether oxygens (including phenoxy) is 1. The van der Waals surface area contributed by atoms with Crippen LogP contribution in [0.5, 0.6) is 5.75 Å². The minimum absolute atomic E-state index is 0.0705. The number of nitrogens with zero attached hydrogens (tertiary/aromatic N) is 1. The second-order valence-corrected chi connectivity index (χ2v) is 6.74. The van der Waals surface area contributed by atoms with E-state index in [0.717, 1.165) is 21.5 Å². The van der Waals surface area contributed by atoms with Crippen LogP contribution >= 0.6 is 27.7 Å². The predicted octanol–water partition coefficient (Wildman–Crippen LogP) is 4.64. The van der Waals surface area contributed by atoms with E-state index in [2.05, 4.69) is 33.1 Å². The lowest BCUT2D eigenvalue weighted by molar-refractivity contribution is 0.344. The van der Waals surface area contributed by atoms with E-state index in [9.17, 15) is 0 Å². The zero-order chi connectivity index (χ0) is 15.8. The van der Waals surface area contributed by atoms with Gasteiger partial charge in [-0.05, 0) is 36.8 Å². The lowest BCUT2D eigenvalue weighted by atomic mass is 10.1. The van der Waals surface area contributed by atoms with Gasteiger partial charge >= 0.3 is 0 Å². The van der Waals surface area contributed by atoms with E-state index < -0.39 is 0 Å². The number of hydrogen-bond donors (Lipinski definition) is 1. The molecule has 3 nitrogen and oxygen atoms in total. The molecule has 2 aromatic carbocycles. The molecule has 0 fully saturated rings. The molecule has 0 bridgehead atoms. The first-order valence-corrected chi connectivity index (χ1v) is 8.82. The third-order valence-corrected chi connectivity index (χ3v) is 4.32. The fourth-order valence-corrected chi connectivity index (χ4v) is 2.74. The number of nitrogens with two attached hydrogens (primary N) is 1. The fraction of sp³-hybridized carbons (Fsp3) is 0.235. The maximum atomic E-state index is 5.96. The molecule has 0 radical (unpaired) electrons. The van der Waals surface area contributed by atoms with Crippen LogP contribution in [0.15, 0.2) is 64.1 Å². The van der Waals surface area contributed by atoms with Crippen molar-refractivity contribution in [1.29, 1.82) is 0 Å². The predicted molar refractivity (Wildman–Crippen MR) is 98.6 cm³/mol. The highest BCUT2D eigenvalue weighted by molar-refractivity contribution is 9.10. The van der Waals surface area contributed by atoms with Gasteiger partial charge in [-0.15, -0.1) is 0 Å². The number of halogens is 1. The van der Waals surface area contributed by atoms with Gasteiger partial charge in [-0.3, -0.25) is 4.99 Å². The monoisotopic (exact) mass is 378 g/mol. The number of benzene rings is 2. The molecule has 1 atom stereocenters. The molecule has 0 saturated heterocycles. The summed E-state index contributed by atoms with van der Waals surface area (Å²) in [5, 5.41) is 0.593. The summed E-state index contributed by atoms with van der Waals surface area (Å²) in [6.07, 6.45) is 0. The first-order chi connectivity index (χ1) is 10.6. The van der Waals surface area contributed by atoms with Crippen LogP contribution in [0.1, 0.15) is 18.5 Å². The van der Waals surface area contributed by atoms with E-state index in [0.29, 0.717) is 11.8 Å². The molecular weight excluding hydrogens is 360 g/mol. The van der Waals surface area contributed by atoms with Gasteiger partial charge in [0.2, 0.25) is 0 Å². The van der Waals surface area contributed by atoms with Gasteiger partial charge in [-0.25, -0.2) is 0 Å². The molecule has 5 heteroatoms. The minimum atomic E-state index is 0.0705. The van der Waals surface area contributed by atoms with E-state index in [1.807, 2.05) is 49.4 Å². The average molecular weight is 379 g/mol. The molecule has 116 valence electrons. The van der Waals surface area contributed by atoms with Gasteiger partial charge in [0, 0.05) is 10.2 Å². The largest absolute Gasteiger partial charge is 0.493 e. The van der Waals surface area contributed by atoms with Gasteiger partial charge in [0.25, 0.3) is 0 Å². The number of amidine groups is 1. The third kappa shape index (κ3) is 5.73. The molecule has 0 spiro atoms. The Hall–Kier alpha value is -1.46. The number of rotatable bonds is 6. The Kier molecular flexibility index (Phi) is 6.80. The summed E-state index contributed by atoms with van der Waals surface area (Å²) in [4.78, 5) is 4.50. The van der Waals surface area contributed by atoms with Gasteiger partial charge in [-0.1, -0.05) is 58.0 Å². The van der Waals surface area contributed by atoms with Crippen LogP contribution in [0.3, 0.4) is 0 Å². The van der Waals surface area contributed by atoms with E-state index in [1.165, 1.54) is 11.8 Å². The van der Waals surface area contributed by atoms with Gasteiger partial charge in [0.05, 0.1) is 12.6 Å². The zero-order valence-corrected chi connectivity index (χ0v) is 14.8. The molecule has 0 aromatic heterocycles. The highest BCUT2D eigenvalue weighted by atomic mass is 79.9. The highest BCUT2D eigenvalue weighted by Gasteiger charge is 2.04. The van der Waals surface area contributed by atoms with Gasteiger partial charge < -0.3 is 10.5 Å². The lowest BCUT2D eigenvalue weighted by Crippen LogP contribution is -2.11. The first kappa shape index (κ1) is 16.9. The second-order valence-electron chi connectivity index (χ2n) is 4.70. The first-order valence-electron chi connectivity index (χ1n) is 7.04. The van der Waals surface area contributed by atoms with Gasteiger partial charge in [0.15, 0.2) is 5.17 Å². The summed E-state index contributed by atoms with van der Waals surface area (Å²) >= 11 is 4.91. The van der Waals surface area contributed by atoms with Crippen molar-refractivity contribution in [3.63, 3.8) is 0 Å². The van der Waals surface area contributed by atoms with E-state index in [4.69, 9.17) is 10.5 Å². The number of hydrogen-bond acceptors (Lipinski definition) is 3. The highest BCUT2D eigenvalue weighted by Crippen LogP contribution is 2.18. The van der Waals surface area contributed by atoms with Crippen LogP contribution in [-0.4, -0.2) is 17.5 Å². The summed E-state index contributed by atoms with van der Waals surface area (Å²) in [5.41, 5.74) is 7.13. The van der Waals surface area contributed by atoms with Crippen LogP contribution in [0.25, 0.3) is 0 Å². The van der Waals surface area contributed by atoms with E-state index >= 15 is 0 Å². The molecule has 22 heavy (non-hydrogen) atoms. The summed E-state index contributed by atoms with van der Waals surface area (Å²) in [6, 6.07) is 18.0. The quantitative estimate of drug-likeness (QED) is 0.452. The maximum absolute atomic E-state index is 5.96. The average Bonchev–Trinajstić information content (AvgIpc) is 2.54. The van der Waals surface area contributed by atoms with Gasteiger partial charge in [0.1, 0.15) is 5.75 Å². The van der Waals surface area contributed by atoms with Crippen molar-refractivity contribution in [2.75, 3.05) is 12.4 Å². The second kappa shape index (κ2) is 8.86. The van der Waals surface area contributed by atoms with Crippen molar-refractivity contribution in [2.45, 2.75) is 13.0 Å². The zero-order valence-electron chi connectivity index (χ0n) is 12.4. The van der Waals surface area contributed by atoms with Crippen LogP contribution in [0.2, 0.25) is 0 Å². The molecular formula is C17H19BrN2OS. The smallest absolute Gasteiger partial charge is 0.154 e. The molecule has 2 N–H and O–H groups in total. The topological polar surface area (TPSA) is 47.6 Å². The summed E-state index contributed by atoms with van der Waals surface area (Å²) in [5.74, 6) is 1.63. The molecule has 0 aliphatic carbocycles. The Morgan fingerprint density at radius 2 is 1.86 bits per heavy atom. The standard InChI is InChI=1S/C17H19BrN2OS/c1-13(14-5-3-2-4-6-14)20-17(19)22-12-11-21-16-9-7-15(18)8-10-16/h2-10,13H,11-12H2,1H3,(H2,19,20)/t13-/m1/s1. The summed E-state index contributed by atoms with van der Waals surface area (Å²) in [6.45, 7) is 2.64. The molecule has 2 aromatic rings. The van der Waals surface area contributed by atoms with Crippen molar-refractivity contribution in [3.05, 3.63) is 64.6 Å². The molecule has 0 aliphatic heterocycles. The van der Waals surface area contributed by atoms with Crippen LogP contribution in [0.4, 0.5) is 0 Å². The molecule has 2 rings (SSSR count). The summed E-state index contributed by atoms with van der Waals surface area (Å²) < 4.78 is 6.69. The Bertz CT molecular complexity index is 602. The van der Waals surface area contributed by atoms with Crippen molar-refractivity contribution in [1.82, 2.24) is 0 Å². The normalized spacial score (nSPS) is 12.9. The minimum Gasteiger partial charge on any atom is -0.493 e. The Morgan fingerprint density at radius 1 is 1.18 bits per heavy atom. The van der Waals surface area contributed by atoms with Crippen molar-refractivity contribution >= 4 is 32.9 Å². The van der Waals surface area contributed by atoms with E-state index in [1.54, 1.807) is 0 Å². The number of aliphatic imine (C=N–C) groups is 1. The Balaban J connectivity index is 1.74. The number of thioether (sulfide) groups is 1. The summed E-state index contributed by atoms with van der Waals surface area (Å²) in [7, 11) is 0. The SMILES string of the molecule is C[C@@H](N=C(N)SCCOc1ccc(Br)cc1)c1ccccc1. The maximum Gasteiger partial charge on any atom is 0.154 e. The fourth-order valence-electron chi connectivity index (χ4n) is 1.87. The Morgan fingerprint density at radius 3 is 2.55 bits per heavy atom. The molecule has 0 aliphatic rings. The van der Waals surface area contributed by atoms with Crippen molar-refractivity contribution < 1.29 is 4.74 Å². The molecule has 0 amide bonds.